The van der Waals surface area contributed by atoms with E-state index in [-0.39, 0.29) is 0 Å². The van der Waals surface area contributed by atoms with Crippen LogP contribution in [0.25, 0.3) is 6.08 Å². The maximum atomic E-state index is 10.9. The van der Waals surface area contributed by atoms with Crippen LogP contribution in [0, 0.1) is 23.2 Å². The van der Waals surface area contributed by atoms with Crippen LogP contribution < -0.4 is 10.8 Å². The number of nitrogens with one attached hydrogen (secondary N) is 2. The number of benzene rings is 1. The second-order valence-corrected chi connectivity index (χ2v) is 7.55. The Kier molecular flexibility index (Phi) is 3.74. The Balaban J connectivity index is 1.22. The minimum absolute atomic E-state index is 0.515. The lowest BCUT2D eigenvalue weighted by atomic mass is 9.76. The fourth-order valence-corrected chi connectivity index (χ4v) is 4.94. The number of hydrogen-bond acceptors (Lipinski definition) is 3. The van der Waals surface area contributed by atoms with Crippen molar-refractivity contribution < 1.29 is 10.0 Å². The van der Waals surface area contributed by atoms with Gasteiger partial charge >= 0.3 is 0 Å². The van der Waals surface area contributed by atoms with Crippen molar-refractivity contribution in [3.05, 3.63) is 41.5 Å². The van der Waals surface area contributed by atoms with Gasteiger partial charge in [-0.15, -0.1) is 0 Å². The van der Waals surface area contributed by atoms with Gasteiger partial charge in [0.15, 0.2) is 0 Å². The molecule has 4 nitrogen and oxygen atoms in total. The summed E-state index contributed by atoms with van der Waals surface area (Å²) in [6.07, 6.45) is 8.94. The molecule has 0 heterocycles. The molecule has 0 bridgehead atoms. The highest BCUT2D eigenvalue weighted by Gasteiger charge is 2.70. The van der Waals surface area contributed by atoms with E-state index in [4.69, 9.17) is 5.21 Å². The third-order valence-electron chi connectivity index (χ3n) is 6.23. The minimum atomic E-state index is -0.515. The molecule has 0 radical (unpaired) electrons. The van der Waals surface area contributed by atoms with Crippen molar-refractivity contribution in [2.45, 2.75) is 32.2 Å². The van der Waals surface area contributed by atoms with Crippen LogP contribution in [-0.2, 0) is 11.3 Å². The molecule has 4 atom stereocenters. The predicted molar refractivity (Wildman–Crippen MR) is 88.5 cm³/mol. The van der Waals surface area contributed by atoms with Gasteiger partial charge in [0.05, 0.1) is 0 Å². The van der Waals surface area contributed by atoms with Crippen LogP contribution in [0.5, 0.6) is 0 Å². The van der Waals surface area contributed by atoms with Crippen LogP contribution in [0.2, 0.25) is 0 Å². The summed E-state index contributed by atoms with van der Waals surface area (Å²) in [5.74, 6) is 2.53. The van der Waals surface area contributed by atoms with E-state index in [0.717, 1.165) is 41.8 Å². The first-order valence-electron chi connectivity index (χ1n) is 8.61. The average molecular weight is 312 g/mol. The molecular formula is C19H24N2O2. The molecule has 3 aliphatic carbocycles. The molecule has 0 saturated heterocycles. The molecule has 122 valence electrons. The smallest absolute Gasteiger partial charge is 0.267 e. The second-order valence-electron chi connectivity index (χ2n) is 7.55. The molecule has 23 heavy (non-hydrogen) atoms. The fraction of sp³-hybridized carbons (Fsp3) is 0.526. The third kappa shape index (κ3) is 2.81. The van der Waals surface area contributed by atoms with Gasteiger partial charge in [0.2, 0.25) is 0 Å². The highest BCUT2D eigenvalue weighted by atomic mass is 16.5. The second kappa shape index (κ2) is 5.77. The lowest BCUT2D eigenvalue weighted by Gasteiger charge is -2.29. The maximum absolute atomic E-state index is 10.9. The van der Waals surface area contributed by atoms with Gasteiger partial charge in [-0.05, 0) is 72.6 Å². The van der Waals surface area contributed by atoms with Crippen LogP contribution in [0.15, 0.2) is 30.3 Å². The zero-order valence-corrected chi connectivity index (χ0v) is 13.3. The lowest BCUT2D eigenvalue weighted by molar-refractivity contribution is -0.124. The Labute approximate surface area is 136 Å². The summed E-state index contributed by atoms with van der Waals surface area (Å²) in [4.78, 5) is 10.9. The summed E-state index contributed by atoms with van der Waals surface area (Å²) in [6, 6.07) is 8.14. The molecule has 1 spiro atoms. The maximum Gasteiger partial charge on any atom is 0.267 e. The summed E-state index contributed by atoms with van der Waals surface area (Å²) in [5, 5.41) is 12.1. The quantitative estimate of drug-likeness (QED) is 0.430. The van der Waals surface area contributed by atoms with Crippen LogP contribution in [0.1, 0.15) is 36.8 Å². The van der Waals surface area contributed by atoms with Crippen molar-refractivity contribution in [3.63, 3.8) is 0 Å². The first kappa shape index (κ1) is 14.9. The monoisotopic (exact) mass is 312 g/mol. The SMILES string of the molecule is O=C(/C=C/c1ccc(CNCC2CC3CC4CC34C2)cc1)NO. The van der Waals surface area contributed by atoms with Gasteiger partial charge in [-0.3, -0.25) is 10.0 Å². The summed E-state index contributed by atoms with van der Waals surface area (Å²) >= 11 is 0. The molecule has 1 aromatic rings. The Morgan fingerprint density at radius 2 is 2.04 bits per heavy atom. The highest BCUT2D eigenvalue weighted by molar-refractivity contribution is 5.90. The standard InChI is InChI=1S/C19H24N2O2/c22-18(21-23)6-5-13-1-3-14(4-2-13)11-20-12-15-7-16-8-17-10-19(16,17)9-15/h1-6,15-17,20,23H,7-12H2,(H,21,22)/b6-5+. The van der Waals surface area contributed by atoms with Gasteiger partial charge < -0.3 is 5.32 Å². The molecule has 0 aliphatic heterocycles. The van der Waals surface area contributed by atoms with E-state index in [9.17, 15) is 4.79 Å². The topological polar surface area (TPSA) is 61.4 Å². The van der Waals surface area contributed by atoms with Crippen molar-refractivity contribution >= 4 is 12.0 Å². The van der Waals surface area contributed by atoms with Crippen LogP contribution in [-0.4, -0.2) is 17.7 Å². The summed E-state index contributed by atoms with van der Waals surface area (Å²) in [5.41, 5.74) is 4.61. The molecule has 1 amide bonds. The molecule has 1 aromatic carbocycles. The van der Waals surface area contributed by atoms with E-state index in [2.05, 4.69) is 17.4 Å². The van der Waals surface area contributed by atoms with Crippen LogP contribution in [0.3, 0.4) is 0 Å². The molecule has 4 unspecified atom stereocenters. The number of amides is 1. The molecule has 3 aliphatic rings. The van der Waals surface area contributed by atoms with E-state index in [0.29, 0.717) is 0 Å². The van der Waals surface area contributed by atoms with Gasteiger partial charge in [-0.1, -0.05) is 24.3 Å². The summed E-state index contributed by atoms with van der Waals surface area (Å²) in [6.45, 7) is 2.04. The average Bonchev–Trinajstić information content (AvgIpc) is 3.01. The Bertz CT molecular complexity index is 623. The van der Waals surface area contributed by atoms with Gasteiger partial charge in [0.25, 0.3) is 5.91 Å². The normalized spacial score (nSPS) is 33.9. The van der Waals surface area contributed by atoms with E-state index >= 15 is 0 Å². The number of hydroxylamine groups is 1. The molecule has 0 aromatic heterocycles. The van der Waals surface area contributed by atoms with Crippen molar-refractivity contribution in [1.82, 2.24) is 10.8 Å². The number of carbonyl (C=O) groups excluding carboxylic acids is 1. The fourth-order valence-electron chi connectivity index (χ4n) is 4.94. The largest absolute Gasteiger partial charge is 0.312 e. The number of hydrogen-bond donors (Lipinski definition) is 3. The number of carbonyl (C=O) groups is 1. The van der Waals surface area contributed by atoms with E-state index in [1.807, 2.05) is 12.1 Å². The zero-order chi connectivity index (χ0) is 15.9. The van der Waals surface area contributed by atoms with E-state index in [1.165, 1.54) is 37.3 Å². The van der Waals surface area contributed by atoms with Crippen LogP contribution >= 0.6 is 0 Å². The molecule has 3 saturated carbocycles. The molecule has 3 N–H and O–H groups in total. The number of rotatable bonds is 6. The lowest BCUT2D eigenvalue weighted by Crippen LogP contribution is -2.22. The van der Waals surface area contributed by atoms with Crippen molar-refractivity contribution in [2.75, 3.05) is 6.54 Å². The summed E-state index contributed by atoms with van der Waals surface area (Å²) < 4.78 is 0. The zero-order valence-electron chi connectivity index (χ0n) is 13.3. The minimum Gasteiger partial charge on any atom is -0.312 e. The van der Waals surface area contributed by atoms with Gasteiger partial charge in [-0.25, -0.2) is 5.48 Å². The molecule has 4 heteroatoms. The van der Waals surface area contributed by atoms with Gasteiger partial charge in [-0.2, -0.15) is 0 Å². The molecular weight excluding hydrogens is 288 g/mol. The Morgan fingerprint density at radius 3 is 2.70 bits per heavy atom. The Hall–Kier alpha value is -1.65. The van der Waals surface area contributed by atoms with E-state index < -0.39 is 5.91 Å². The molecule has 3 fully saturated rings. The predicted octanol–water partition coefficient (Wildman–Crippen LogP) is 2.73. The van der Waals surface area contributed by atoms with Gasteiger partial charge in [0.1, 0.15) is 0 Å². The first-order valence-corrected chi connectivity index (χ1v) is 8.61. The van der Waals surface area contributed by atoms with E-state index in [1.54, 1.807) is 11.6 Å². The van der Waals surface area contributed by atoms with Crippen molar-refractivity contribution in [2.24, 2.45) is 23.2 Å². The van der Waals surface area contributed by atoms with Crippen molar-refractivity contribution in [1.29, 1.82) is 0 Å². The van der Waals surface area contributed by atoms with Crippen molar-refractivity contribution in [3.8, 4) is 0 Å². The first-order chi connectivity index (χ1) is 11.2. The summed E-state index contributed by atoms with van der Waals surface area (Å²) in [7, 11) is 0. The van der Waals surface area contributed by atoms with Crippen LogP contribution in [0.4, 0.5) is 0 Å². The molecule has 4 rings (SSSR count). The highest BCUT2D eigenvalue weighted by Crippen LogP contribution is 2.78. The third-order valence-corrected chi connectivity index (χ3v) is 6.23. The Morgan fingerprint density at radius 1 is 1.22 bits per heavy atom. The van der Waals surface area contributed by atoms with Gasteiger partial charge in [0, 0.05) is 12.6 Å².